The molecule has 0 aliphatic heterocycles. The molecule has 1 N–H and O–H groups in total. The van der Waals surface area contributed by atoms with Gasteiger partial charge in [-0.05, 0) is 37.8 Å². The molecule has 3 heteroatoms. The predicted octanol–water partition coefficient (Wildman–Crippen LogP) is 3.72. The lowest BCUT2D eigenvalue weighted by molar-refractivity contribution is -0.117. The predicted molar refractivity (Wildman–Crippen MR) is 78.7 cm³/mol. The summed E-state index contributed by atoms with van der Waals surface area (Å²) < 4.78 is 0. The number of allylic oxidation sites excluding steroid dienone is 3. The molecule has 0 saturated carbocycles. The summed E-state index contributed by atoms with van der Waals surface area (Å²) in [5, 5.41) is 2.93. The number of rotatable bonds is 5. The molecule has 0 saturated heterocycles. The fraction of sp³-hybridized carbons (Fsp3) is 0.267. The van der Waals surface area contributed by atoms with Gasteiger partial charge in [0, 0.05) is 11.0 Å². The van der Waals surface area contributed by atoms with Crippen molar-refractivity contribution in [1.29, 1.82) is 0 Å². The number of hydrogen-bond donors (Lipinski definition) is 1. The highest BCUT2D eigenvalue weighted by Gasteiger charge is 2.06. The molecule has 0 radical (unpaired) electrons. The van der Waals surface area contributed by atoms with Gasteiger partial charge in [0.05, 0.1) is 6.04 Å². The standard InChI is InChI=1S/C15H19NOS/c1-4-5-6-7-15(17)16-12(2)13-8-10-14(18-3)11-9-13/h4-12H,1-3H3,(H,16,17). The molecule has 1 amide bonds. The van der Waals surface area contributed by atoms with E-state index >= 15 is 0 Å². The summed E-state index contributed by atoms with van der Waals surface area (Å²) in [5.74, 6) is -0.0745. The van der Waals surface area contributed by atoms with E-state index < -0.39 is 0 Å². The quantitative estimate of drug-likeness (QED) is 0.497. The third kappa shape index (κ3) is 4.80. The molecule has 96 valence electrons. The summed E-state index contributed by atoms with van der Waals surface area (Å²) in [6.45, 7) is 3.90. The van der Waals surface area contributed by atoms with Crippen molar-refractivity contribution in [3.8, 4) is 0 Å². The summed E-state index contributed by atoms with van der Waals surface area (Å²) in [4.78, 5) is 12.8. The first-order chi connectivity index (χ1) is 8.67. The largest absolute Gasteiger partial charge is 0.346 e. The Morgan fingerprint density at radius 2 is 1.94 bits per heavy atom. The molecular formula is C15H19NOS. The minimum Gasteiger partial charge on any atom is -0.346 e. The van der Waals surface area contributed by atoms with Gasteiger partial charge in [0.2, 0.25) is 5.91 Å². The molecule has 1 aromatic carbocycles. The maximum Gasteiger partial charge on any atom is 0.244 e. The van der Waals surface area contributed by atoms with E-state index in [0.717, 1.165) is 5.56 Å². The van der Waals surface area contributed by atoms with Crippen LogP contribution in [0.5, 0.6) is 0 Å². The molecule has 0 aromatic heterocycles. The molecule has 0 fully saturated rings. The van der Waals surface area contributed by atoms with Crippen LogP contribution in [-0.2, 0) is 4.79 Å². The van der Waals surface area contributed by atoms with Crippen molar-refractivity contribution in [2.24, 2.45) is 0 Å². The normalized spacial score (nSPS) is 13.1. The van der Waals surface area contributed by atoms with Gasteiger partial charge in [-0.1, -0.05) is 30.4 Å². The molecule has 0 bridgehead atoms. The summed E-state index contributed by atoms with van der Waals surface area (Å²) in [6.07, 6.45) is 9.03. The molecule has 1 rings (SSSR count). The Bertz CT molecular complexity index is 434. The first-order valence-electron chi connectivity index (χ1n) is 5.91. The van der Waals surface area contributed by atoms with Gasteiger partial charge in [-0.3, -0.25) is 4.79 Å². The number of carbonyl (C=O) groups is 1. The van der Waals surface area contributed by atoms with E-state index in [0.29, 0.717) is 0 Å². The molecule has 0 aliphatic rings. The number of thioether (sulfide) groups is 1. The fourth-order valence-electron chi connectivity index (χ4n) is 1.49. The lowest BCUT2D eigenvalue weighted by atomic mass is 10.1. The second-order valence-corrected chi connectivity index (χ2v) is 4.77. The van der Waals surface area contributed by atoms with E-state index in [2.05, 4.69) is 17.4 Å². The van der Waals surface area contributed by atoms with Gasteiger partial charge in [0.15, 0.2) is 0 Å². The molecule has 1 atom stereocenters. The van der Waals surface area contributed by atoms with Crippen LogP contribution in [0, 0.1) is 0 Å². The third-order valence-electron chi connectivity index (χ3n) is 2.53. The zero-order valence-corrected chi connectivity index (χ0v) is 11.8. The van der Waals surface area contributed by atoms with E-state index in [1.807, 2.05) is 44.4 Å². The SMILES string of the molecule is CC=CC=CC(=O)NC(C)c1ccc(SC)cc1. The molecule has 1 unspecified atom stereocenters. The second-order valence-electron chi connectivity index (χ2n) is 3.89. The topological polar surface area (TPSA) is 29.1 Å². The van der Waals surface area contributed by atoms with E-state index in [1.165, 1.54) is 11.0 Å². The van der Waals surface area contributed by atoms with Crippen LogP contribution in [-0.4, -0.2) is 12.2 Å². The van der Waals surface area contributed by atoms with Gasteiger partial charge in [-0.25, -0.2) is 0 Å². The van der Waals surface area contributed by atoms with Crippen LogP contribution < -0.4 is 5.32 Å². The average molecular weight is 261 g/mol. The van der Waals surface area contributed by atoms with E-state index in [4.69, 9.17) is 0 Å². The molecule has 2 nitrogen and oxygen atoms in total. The van der Waals surface area contributed by atoms with Gasteiger partial charge in [0.25, 0.3) is 0 Å². The smallest absolute Gasteiger partial charge is 0.244 e. The van der Waals surface area contributed by atoms with E-state index in [-0.39, 0.29) is 11.9 Å². The molecule has 0 aliphatic carbocycles. The minimum atomic E-state index is -0.0745. The number of hydrogen-bond acceptors (Lipinski definition) is 2. The molecule has 18 heavy (non-hydrogen) atoms. The summed E-state index contributed by atoms with van der Waals surface area (Å²) in [5.41, 5.74) is 1.11. The molecule has 1 aromatic rings. The first kappa shape index (κ1) is 14.6. The Labute approximate surface area is 113 Å². The molecular weight excluding hydrogens is 242 g/mol. The van der Waals surface area contributed by atoms with Crippen molar-refractivity contribution in [3.63, 3.8) is 0 Å². The highest BCUT2D eigenvalue weighted by molar-refractivity contribution is 7.98. The van der Waals surface area contributed by atoms with Crippen molar-refractivity contribution in [1.82, 2.24) is 5.32 Å². The lowest BCUT2D eigenvalue weighted by Crippen LogP contribution is -2.24. The Morgan fingerprint density at radius 1 is 1.28 bits per heavy atom. The van der Waals surface area contributed by atoms with Gasteiger partial charge in [-0.15, -0.1) is 11.8 Å². The second kappa shape index (κ2) is 7.77. The van der Waals surface area contributed by atoms with E-state index in [1.54, 1.807) is 17.8 Å². The Hall–Kier alpha value is -1.48. The van der Waals surface area contributed by atoms with Crippen molar-refractivity contribution in [3.05, 3.63) is 54.1 Å². The highest BCUT2D eigenvalue weighted by Crippen LogP contribution is 2.18. The maximum atomic E-state index is 11.6. The van der Waals surface area contributed by atoms with Crippen molar-refractivity contribution in [2.75, 3.05) is 6.26 Å². The number of nitrogens with one attached hydrogen (secondary N) is 1. The summed E-state index contributed by atoms with van der Waals surface area (Å²) >= 11 is 1.71. The average Bonchev–Trinajstić information content (AvgIpc) is 2.39. The van der Waals surface area contributed by atoms with Crippen LogP contribution in [0.3, 0.4) is 0 Å². The van der Waals surface area contributed by atoms with Crippen LogP contribution in [0.1, 0.15) is 25.5 Å². The Balaban J connectivity index is 2.58. The lowest BCUT2D eigenvalue weighted by Gasteiger charge is -2.13. The molecule has 0 heterocycles. The third-order valence-corrected chi connectivity index (χ3v) is 3.27. The van der Waals surface area contributed by atoms with Crippen molar-refractivity contribution < 1.29 is 4.79 Å². The zero-order valence-electron chi connectivity index (χ0n) is 11.0. The zero-order chi connectivity index (χ0) is 13.4. The number of benzene rings is 1. The summed E-state index contributed by atoms with van der Waals surface area (Å²) in [6, 6.07) is 8.25. The van der Waals surface area contributed by atoms with Crippen LogP contribution in [0.15, 0.2) is 53.5 Å². The monoisotopic (exact) mass is 261 g/mol. The van der Waals surface area contributed by atoms with Crippen LogP contribution in [0.2, 0.25) is 0 Å². The van der Waals surface area contributed by atoms with Gasteiger partial charge in [0.1, 0.15) is 0 Å². The van der Waals surface area contributed by atoms with Gasteiger partial charge >= 0.3 is 0 Å². The van der Waals surface area contributed by atoms with Crippen molar-refractivity contribution >= 4 is 17.7 Å². The first-order valence-corrected chi connectivity index (χ1v) is 7.13. The van der Waals surface area contributed by atoms with Crippen molar-refractivity contribution in [2.45, 2.75) is 24.8 Å². The van der Waals surface area contributed by atoms with Gasteiger partial charge in [-0.2, -0.15) is 0 Å². The van der Waals surface area contributed by atoms with Crippen LogP contribution in [0.25, 0.3) is 0 Å². The highest BCUT2D eigenvalue weighted by atomic mass is 32.2. The Kier molecular flexibility index (Phi) is 6.29. The fourth-order valence-corrected chi connectivity index (χ4v) is 1.90. The maximum absolute atomic E-state index is 11.6. The van der Waals surface area contributed by atoms with Crippen LogP contribution >= 0.6 is 11.8 Å². The van der Waals surface area contributed by atoms with Crippen LogP contribution in [0.4, 0.5) is 0 Å². The number of carbonyl (C=O) groups excluding carboxylic acids is 1. The van der Waals surface area contributed by atoms with E-state index in [9.17, 15) is 4.79 Å². The Morgan fingerprint density at radius 3 is 2.50 bits per heavy atom. The number of amides is 1. The summed E-state index contributed by atoms with van der Waals surface area (Å²) in [7, 11) is 0. The minimum absolute atomic E-state index is 0.0173. The van der Waals surface area contributed by atoms with Gasteiger partial charge < -0.3 is 5.32 Å². The molecule has 0 spiro atoms.